The topological polar surface area (TPSA) is 63.7 Å². The average molecular weight is 614 g/mol. The van der Waals surface area contributed by atoms with Gasteiger partial charge in [-0.2, -0.15) is 0 Å². The van der Waals surface area contributed by atoms with E-state index in [1.807, 2.05) is 0 Å². The molecular formula is C11H4Br5NO4. The fraction of sp³-hybridized carbons (Fsp3) is 0.182. The lowest BCUT2D eigenvalue weighted by molar-refractivity contribution is -0.172. The molecule has 1 saturated heterocycles. The maximum absolute atomic E-state index is 12.3. The standard InChI is InChI=1S/C11H4Br5NO4/c12-6-5(7(13)9(15)10(16)8(6)14)11(20)21-17-3(18)1-2-4(17)19/h1-2H2. The van der Waals surface area contributed by atoms with E-state index >= 15 is 0 Å². The highest BCUT2D eigenvalue weighted by Gasteiger charge is 2.34. The average Bonchev–Trinajstić information content (AvgIpc) is 2.75. The van der Waals surface area contributed by atoms with Crippen LogP contribution < -0.4 is 0 Å². The normalized spacial score (nSPS) is 14.8. The zero-order chi connectivity index (χ0) is 15.9. The molecule has 0 radical (unpaired) electrons. The minimum atomic E-state index is -0.828. The third-order valence-electron chi connectivity index (χ3n) is 2.59. The maximum Gasteiger partial charge on any atom is 0.366 e. The number of hydrogen-bond donors (Lipinski definition) is 0. The van der Waals surface area contributed by atoms with E-state index in [-0.39, 0.29) is 18.4 Å². The number of amides is 2. The van der Waals surface area contributed by atoms with E-state index in [0.717, 1.165) is 0 Å². The predicted octanol–water partition coefficient (Wildman–Crippen LogP) is 4.72. The number of imide groups is 1. The van der Waals surface area contributed by atoms with Crippen LogP contribution in [0.3, 0.4) is 0 Å². The summed E-state index contributed by atoms with van der Waals surface area (Å²) in [4.78, 5) is 40.2. The van der Waals surface area contributed by atoms with Gasteiger partial charge in [-0.15, -0.1) is 5.06 Å². The van der Waals surface area contributed by atoms with Gasteiger partial charge in [0.1, 0.15) is 0 Å². The summed E-state index contributed by atoms with van der Waals surface area (Å²) in [6.45, 7) is 0. The highest BCUT2D eigenvalue weighted by atomic mass is 79.9. The van der Waals surface area contributed by atoms with Crippen molar-refractivity contribution in [2.24, 2.45) is 0 Å². The summed E-state index contributed by atoms with van der Waals surface area (Å²) in [6.07, 6.45) is 0.0877. The molecule has 112 valence electrons. The molecule has 0 unspecified atom stereocenters. The highest BCUT2D eigenvalue weighted by Crippen LogP contribution is 2.44. The van der Waals surface area contributed by atoms with Gasteiger partial charge in [-0.25, -0.2) is 4.79 Å². The highest BCUT2D eigenvalue weighted by molar-refractivity contribution is 9.15. The second-order valence-corrected chi connectivity index (χ2v) is 7.87. The number of carbonyl (C=O) groups excluding carboxylic acids is 3. The molecule has 10 heteroatoms. The first kappa shape index (κ1) is 17.6. The van der Waals surface area contributed by atoms with Crippen LogP contribution in [0.15, 0.2) is 22.4 Å². The van der Waals surface area contributed by atoms with Gasteiger partial charge in [-0.3, -0.25) is 9.59 Å². The molecule has 0 bridgehead atoms. The third-order valence-corrected chi connectivity index (χ3v) is 8.69. The number of halogens is 5. The van der Waals surface area contributed by atoms with E-state index in [1.165, 1.54) is 0 Å². The molecule has 1 aromatic rings. The number of rotatable bonds is 2. The molecule has 5 nitrogen and oxygen atoms in total. The molecule has 0 aromatic heterocycles. The molecule has 0 aliphatic carbocycles. The summed E-state index contributed by atoms with van der Waals surface area (Å²) in [6, 6.07) is 0. The Hall–Kier alpha value is 0.230. The summed E-state index contributed by atoms with van der Waals surface area (Å²) in [5, 5.41) is 0.505. The molecule has 0 spiro atoms. The van der Waals surface area contributed by atoms with E-state index in [0.29, 0.717) is 27.4 Å². The molecular weight excluding hydrogens is 610 g/mol. The Morgan fingerprint density at radius 2 is 1.19 bits per heavy atom. The van der Waals surface area contributed by atoms with Gasteiger partial charge in [0.15, 0.2) is 0 Å². The number of nitrogens with zero attached hydrogens (tertiary/aromatic N) is 1. The van der Waals surface area contributed by atoms with Crippen LogP contribution in [0.4, 0.5) is 0 Å². The van der Waals surface area contributed by atoms with E-state index in [2.05, 4.69) is 79.6 Å². The van der Waals surface area contributed by atoms with Crippen molar-refractivity contribution in [1.82, 2.24) is 5.06 Å². The first-order valence-electron chi connectivity index (χ1n) is 5.35. The van der Waals surface area contributed by atoms with Crippen LogP contribution in [0.5, 0.6) is 0 Å². The van der Waals surface area contributed by atoms with Gasteiger partial charge in [0.05, 0.1) is 5.56 Å². The summed E-state index contributed by atoms with van der Waals surface area (Å²) < 4.78 is 2.71. The van der Waals surface area contributed by atoms with E-state index in [9.17, 15) is 14.4 Å². The van der Waals surface area contributed by atoms with Crippen molar-refractivity contribution in [3.05, 3.63) is 27.9 Å². The van der Waals surface area contributed by atoms with Crippen molar-refractivity contribution < 1.29 is 19.2 Å². The van der Waals surface area contributed by atoms with Gasteiger partial charge >= 0.3 is 5.97 Å². The van der Waals surface area contributed by atoms with E-state index < -0.39 is 17.8 Å². The second-order valence-electron chi connectivity index (χ2n) is 3.91. The second kappa shape index (κ2) is 6.77. The zero-order valence-corrected chi connectivity index (χ0v) is 17.8. The SMILES string of the molecule is O=C(ON1C(=O)CCC1=O)c1c(Br)c(Br)c(Br)c(Br)c1Br. The molecule has 0 atom stereocenters. The number of carbonyl (C=O) groups is 3. The van der Waals surface area contributed by atoms with Crippen molar-refractivity contribution in [3.63, 3.8) is 0 Å². The number of hydrogen-bond acceptors (Lipinski definition) is 4. The van der Waals surface area contributed by atoms with Crippen molar-refractivity contribution in [1.29, 1.82) is 0 Å². The molecule has 0 N–H and O–H groups in total. The Morgan fingerprint density at radius 3 is 1.62 bits per heavy atom. The zero-order valence-electron chi connectivity index (χ0n) is 9.88. The van der Waals surface area contributed by atoms with Gasteiger partial charge < -0.3 is 4.84 Å². The fourth-order valence-electron chi connectivity index (χ4n) is 1.57. The lowest BCUT2D eigenvalue weighted by Crippen LogP contribution is -2.32. The Balaban J connectivity index is 2.41. The van der Waals surface area contributed by atoms with Crippen LogP contribution in [0.2, 0.25) is 0 Å². The first-order valence-corrected chi connectivity index (χ1v) is 9.31. The maximum atomic E-state index is 12.3. The first-order chi connectivity index (χ1) is 9.75. The van der Waals surface area contributed by atoms with Crippen molar-refractivity contribution in [2.45, 2.75) is 12.8 Å². The van der Waals surface area contributed by atoms with Gasteiger partial charge in [0, 0.05) is 35.2 Å². The fourth-order valence-corrected chi connectivity index (χ4v) is 4.94. The quantitative estimate of drug-likeness (QED) is 0.275. The molecule has 1 aliphatic heterocycles. The summed E-state index contributed by atoms with van der Waals surface area (Å²) in [5.74, 6) is -1.89. The smallest absolute Gasteiger partial charge is 0.325 e. The van der Waals surface area contributed by atoms with Crippen molar-refractivity contribution >= 4 is 97.4 Å². The molecule has 0 saturated carbocycles. The number of hydroxylamine groups is 2. The molecule has 2 rings (SSSR count). The number of benzene rings is 1. The van der Waals surface area contributed by atoms with E-state index in [4.69, 9.17) is 4.84 Å². The molecule has 1 aromatic carbocycles. The molecule has 1 aliphatic rings. The van der Waals surface area contributed by atoms with Gasteiger partial charge in [0.2, 0.25) is 0 Å². The summed E-state index contributed by atoms with van der Waals surface area (Å²) >= 11 is 16.5. The van der Waals surface area contributed by atoms with E-state index in [1.54, 1.807) is 0 Å². The molecule has 21 heavy (non-hydrogen) atoms. The lowest BCUT2D eigenvalue weighted by atomic mass is 10.2. The Kier molecular flexibility index (Phi) is 5.67. The summed E-state index contributed by atoms with van der Waals surface area (Å²) in [5.41, 5.74) is 0.143. The van der Waals surface area contributed by atoms with Crippen LogP contribution in [-0.2, 0) is 14.4 Å². The molecule has 2 amide bonds. The monoisotopic (exact) mass is 609 g/mol. The van der Waals surface area contributed by atoms with Crippen LogP contribution in [0.25, 0.3) is 0 Å². The summed E-state index contributed by atoms with van der Waals surface area (Å²) in [7, 11) is 0. The van der Waals surface area contributed by atoms with Crippen molar-refractivity contribution in [2.75, 3.05) is 0 Å². The largest absolute Gasteiger partial charge is 0.366 e. The van der Waals surface area contributed by atoms with Crippen molar-refractivity contribution in [3.8, 4) is 0 Å². The Morgan fingerprint density at radius 1 is 0.810 bits per heavy atom. The van der Waals surface area contributed by atoms with Gasteiger partial charge in [-0.1, -0.05) is 0 Å². The lowest BCUT2D eigenvalue weighted by Gasteiger charge is -2.16. The van der Waals surface area contributed by atoms with Crippen LogP contribution in [0.1, 0.15) is 23.2 Å². The third kappa shape index (κ3) is 3.29. The Bertz CT molecular complexity index is 630. The van der Waals surface area contributed by atoms with Gasteiger partial charge in [0.25, 0.3) is 11.8 Å². The van der Waals surface area contributed by atoms with Crippen LogP contribution >= 0.6 is 79.6 Å². The molecule has 1 fully saturated rings. The van der Waals surface area contributed by atoms with Crippen LogP contribution in [0, 0.1) is 0 Å². The predicted molar refractivity (Wildman–Crippen MR) is 91.4 cm³/mol. The molecule has 1 heterocycles. The minimum absolute atomic E-state index is 0.0438. The Labute approximate surface area is 161 Å². The van der Waals surface area contributed by atoms with Crippen LogP contribution in [-0.4, -0.2) is 22.8 Å². The minimum Gasteiger partial charge on any atom is -0.325 e. The van der Waals surface area contributed by atoms with Gasteiger partial charge in [-0.05, 0) is 79.6 Å².